The average molecular weight is 367 g/mol. The average Bonchev–Trinajstić information content (AvgIpc) is 3.00. The molecule has 1 aromatic rings. The molecule has 2 aliphatic carbocycles. The Kier molecular flexibility index (Phi) is 3.41. The smallest absolute Gasteiger partial charge is 0.308 e. The van der Waals surface area contributed by atoms with Crippen molar-refractivity contribution in [2.75, 3.05) is 13.6 Å². The summed E-state index contributed by atoms with van der Waals surface area (Å²) in [6.45, 7) is 2.26. The minimum Gasteiger partial charge on any atom is -0.484 e. The topological polar surface area (TPSA) is 72.9 Å². The summed E-state index contributed by atoms with van der Waals surface area (Å²) in [6.07, 6.45) is 5.64. The van der Waals surface area contributed by atoms with E-state index in [1.165, 1.54) is 12.5 Å². The fourth-order valence-electron chi connectivity index (χ4n) is 5.81. The molecule has 2 bridgehead atoms. The van der Waals surface area contributed by atoms with Gasteiger partial charge in [0, 0.05) is 29.9 Å². The number of carbonyl (C=O) groups is 3. The Bertz CT molecular complexity index is 906. The Labute approximate surface area is 157 Å². The summed E-state index contributed by atoms with van der Waals surface area (Å²) in [4.78, 5) is 37.5. The molecule has 1 saturated heterocycles. The molecule has 27 heavy (non-hydrogen) atoms. The molecule has 2 aliphatic heterocycles. The maximum Gasteiger partial charge on any atom is 0.308 e. The minimum atomic E-state index is -0.605. The van der Waals surface area contributed by atoms with E-state index in [-0.39, 0.29) is 11.3 Å². The van der Waals surface area contributed by atoms with Crippen LogP contribution in [-0.2, 0) is 26.2 Å². The molecule has 0 radical (unpaired) electrons. The number of Topliss-reactive ketones (excluding diaryl/α,β-unsaturated/α-hetero) is 1. The Morgan fingerprint density at radius 1 is 1.33 bits per heavy atom. The summed E-state index contributed by atoms with van der Waals surface area (Å²) in [6, 6.07) is 4.12. The molecule has 0 aromatic heterocycles. The SMILES string of the molecule is CC(=O)Oc1ccc2c3c1O[C@H]1[C@@H](C(=O)C=O)C=C[C@H]4[C@@H](C2)N(C)CC[C@@]341. The molecule has 0 N–H and O–H groups in total. The van der Waals surface area contributed by atoms with Gasteiger partial charge < -0.3 is 14.4 Å². The molecule has 6 nitrogen and oxygen atoms in total. The van der Waals surface area contributed by atoms with E-state index in [0.717, 1.165) is 24.9 Å². The van der Waals surface area contributed by atoms with Crippen LogP contribution >= 0.6 is 0 Å². The van der Waals surface area contributed by atoms with Gasteiger partial charge in [-0.1, -0.05) is 18.2 Å². The van der Waals surface area contributed by atoms with Crippen molar-refractivity contribution in [1.29, 1.82) is 0 Å². The lowest BCUT2D eigenvalue weighted by atomic mass is 9.52. The number of benzene rings is 1. The van der Waals surface area contributed by atoms with Gasteiger partial charge in [-0.3, -0.25) is 14.4 Å². The molecule has 6 heteroatoms. The lowest BCUT2D eigenvalue weighted by Crippen LogP contribution is -2.64. The van der Waals surface area contributed by atoms with Gasteiger partial charge in [0.2, 0.25) is 5.78 Å². The van der Waals surface area contributed by atoms with E-state index in [4.69, 9.17) is 9.47 Å². The van der Waals surface area contributed by atoms with Gasteiger partial charge in [-0.15, -0.1) is 0 Å². The van der Waals surface area contributed by atoms with Crippen molar-refractivity contribution in [3.63, 3.8) is 0 Å². The highest BCUT2D eigenvalue weighted by Crippen LogP contribution is 2.63. The van der Waals surface area contributed by atoms with Crippen LogP contribution in [0.4, 0.5) is 0 Å². The highest BCUT2D eigenvalue weighted by atomic mass is 16.6. The molecule has 1 fully saturated rings. The number of esters is 1. The van der Waals surface area contributed by atoms with Crippen molar-refractivity contribution in [2.45, 2.75) is 37.3 Å². The van der Waals surface area contributed by atoms with E-state index in [2.05, 4.69) is 18.0 Å². The van der Waals surface area contributed by atoms with E-state index < -0.39 is 23.8 Å². The molecule has 0 unspecified atom stereocenters. The number of rotatable bonds is 3. The predicted molar refractivity (Wildman–Crippen MR) is 95.8 cm³/mol. The first-order chi connectivity index (χ1) is 13.0. The van der Waals surface area contributed by atoms with Crippen molar-refractivity contribution in [1.82, 2.24) is 4.90 Å². The second kappa shape index (κ2) is 5.52. The van der Waals surface area contributed by atoms with E-state index in [1.54, 1.807) is 6.07 Å². The quantitative estimate of drug-likeness (QED) is 0.265. The van der Waals surface area contributed by atoms with Crippen LogP contribution in [-0.4, -0.2) is 48.7 Å². The number of hydrogen-bond acceptors (Lipinski definition) is 6. The lowest BCUT2D eigenvalue weighted by Gasteiger charge is -2.56. The van der Waals surface area contributed by atoms with Crippen LogP contribution in [0.5, 0.6) is 11.5 Å². The number of likely N-dealkylation sites (tertiary alicyclic amines) is 1. The predicted octanol–water partition coefficient (Wildman–Crippen LogP) is 1.44. The Hall–Kier alpha value is -2.47. The summed E-state index contributed by atoms with van der Waals surface area (Å²) in [7, 11) is 2.14. The van der Waals surface area contributed by atoms with Crippen LogP contribution in [0, 0.1) is 11.8 Å². The van der Waals surface area contributed by atoms with E-state index in [0.29, 0.717) is 23.8 Å². The number of ketones is 1. The fraction of sp³-hybridized carbons (Fsp3) is 0.476. The first-order valence-electron chi connectivity index (χ1n) is 9.36. The minimum absolute atomic E-state index is 0.207. The van der Waals surface area contributed by atoms with E-state index in [1.807, 2.05) is 12.1 Å². The first-order valence-corrected chi connectivity index (χ1v) is 9.36. The van der Waals surface area contributed by atoms with Crippen LogP contribution in [0.25, 0.3) is 0 Å². The van der Waals surface area contributed by atoms with Gasteiger partial charge in [0.1, 0.15) is 6.10 Å². The third-order valence-electron chi connectivity index (χ3n) is 6.86. The molecule has 0 saturated carbocycles. The zero-order valence-electron chi connectivity index (χ0n) is 15.3. The first kappa shape index (κ1) is 16.7. The summed E-state index contributed by atoms with van der Waals surface area (Å²) in [5.41, 5.74) is 1.91. The van der Waals surface area contributed by atoms with Crippen molar-refractivity contribution >= 4 is 18.0 Å². The van der Waals surface area contributed by atoms with Gasteiger partial charge >= 0.3 is 5.97 Å². The lowest BCUT2D eigenvalue weighted by molar-refractivity contribution is -0.135. The third kappa shape index (κ3) is 2.02. The van der Waals surface area contributed by atoms with Gasteiger partial charge in [-0.05, 0) is 38.1 Å². The summed E-state index contributed by atoms with van der Waals surface area (Å²) >= 11 is 0. The molecule has 2 heterocycles. The molecular formula is C21H21NO5. The zero-order chi connectivity index (χ0) is 18.9. The van der Waals surface area contributed by atoms with Gasteiger partial charge in [-0.25, -0.2) is 0 Å². The summed E-state index contributed by atoms with van der Waals surface area (Å²) in [5.74, 6) is -0.292. The molecule has 140 valence electrons. The molecule has 5 rings (SSSR count). The van der Waals surface area contributed by atoms with Crippen LogP contribution in [0.1, 0.15) is 24.5 Å². The third-order valence-corrected chi connectivity index (χ3v) is 6.86. The second-order valence-corrected chi connectivity index (χ2v) is 8.06. The standard InChI is InChI=1S/C21H21NO5/c1-11(24)26-17-6-3-12-9-15-14-5-4-13(16(25)10-23)20-21(14,7-8-22(15)2)18(12)19(17)27-20/h3-6,10,13-15,20H,7-9H2,1-2H3/t13-,14+,15-,20+,21+/m1/s1. The Morgan fingerprint density at radius 3 is 2.89 bits per heavy atom. The number of hydrogen-bond donors (Lipinski definition) is 0. The molecule has 4 aliphatic rings. The highest BCUT2D eigenvalue weighted by Gasteiger charge is 2.65. The molecule has 1 aromatic carbocycles. The van der Waals surface area contributed by atoms with Crippen LogP contribution in [0.2, 0.25) is 0 Å². The van der Waals surface area contributed by atoms with Gasteiger partial charge in [0.25, 0.3) is 0 Å². The second-order valence-electron chi connectivity index (χ2n) is 8.06. The Morgan fingerprint density at radius 2 is 2.15 bits per heavy atom. The number of piperidine rings is 1. The van der Waals surface area contributed by atoms with Crippen LogP contribution < -0.4 is 9.47 Å². The normalized spacial score (nSPS) is 35.2. The summed E-state index contributed by atoms with van der Waals surface area (Å²) < 4.78 is 11.8. The van der Waals surface area contributed by atoms with Crippen LogP contribution in [0.3, 0.4) is 0 Å². The monoisotopic (exact) mass is 367 g/mol. The maximum atomic E-state index is 12.4. The van der Waals surface area contributed by atoms with Gasteiger partial charge in [0.05, 0.1) is 5.92 Å². The van der Waals surface area contributed by atoms with E-state index >= 15 is 0 Å². The van der Waals surface area contributed by atoms with Crippen molar-refractivity contribution in [3.05, 3.63) is 35.4 Å². The van der Waals surface area contributed by atoms with E-state index in [9.17, 15) is 14.4 Å². The number of ether oxygens (including phenoxy) is 2. The maximum absolute atomic E-state index is 12.4. The van der Waals surface area contributed by atoms with Crippen LogP contribution in [0.15, 0.2) is 24.3 Å². The number of aldehydes is 1. The molecule has 1 spiro atoms. The molecule has 0 amide bonds. The Balaban J connectivity index is 1.75. The van der Waals surface area contributed by atoms with Gasteiger partial charge in [-0.2, -0.15) is 0 Å². The number of likely N-dealkylation sites (N-methyl/N-ethyl adjacent to an activating group) is 1. The number of nitrogens with zero attached hydrogens (tertiary/aromatic N) is 1. The highest BCUT2D eigenvalue weighted by molar-refractivity contribution is 6.26. The van der Waals surface area contributed by atoms with Crippen molar-refractivity contribution in [3.8, 4) is 11.5 Å². The largest absolute Gasteiger partial charge is 0.484 e. The molecule has 5 atom stereocenters. The van der Waals surface area contributed by atoms with Crippen molar-refractivity contribution < 1.29 is 23.9 Å². The molecular weight excluding hydrogens is 346 g/mol. The zero-order valence-corrected chi connectivity index (χ0v) is 15.3. The summed E-state index contributed by atoms with van der Waals surface area (Å²) in [5, 5.41) is 0. The van der Waals surface area contributed by atoms with Crippen molar-refractivity contribution in [2.24, 2.45) is 11.8 Å². The van der Waals surface area contributed by atoms with Gasteiger partial charge in [0.15, 0.2) is 17.8 Å². The fourth-order valence-corrected chi connectivity index (χ4v) is 5.81. The number of carbonyl (C=O) groups excluding carboxylic acids is 3.